The number of rotatable bonds is 5. The minimum atomic E-state index is 0.229. The molecule has 0 saturated heterocycles. The van der Waals surface area contributed by atoms with E-state index >= 15 is 0 Å². The summed E-state index contributed by atoms with van der Waals surface area (Å²) in [6, 6.07) is 12.3. The molecule has 0 atom stereocenters. The molecular weight excluding hydrogens is 425 g/mol. The van der Waals surface area contributed by atoms with Crippen molar-refractivity contribution < 1.29 is 4.63 Å². The van der Waals surface area contributed by atoms with Crippen LogP contribution in [0.1, 0.15) is 5.56 Å². The first-order valence-corrected chi connectivity index (χ1v) is 8.99. The van der Waals surface area contributed by atoms with Crippen molar-refractivity contribution in [3.8, 4) is 0 Å². The van der Waals surface area contributed by atoms with Gasteiger partial charge in [0.2, 0.25) is 11.3 Å². The van der Waals surface area contributed by atoms with Gasteiger partial charge in [-0.2, -0.15) is 10.1 Å². The quantitative estimate of drug-likeness (QED) is 0.330. The molecular formula is C17H10Cl3N7O. The summed E-state index contributed by atoms with van der Waals surface area (Å²) >= 11 is 18.2. The molecule has 4 aromatic rings. The monoisotopic (exact) mass is 433 g/mol. The van der Waals surface area contributed by atoms with Crippen LogP contribution in [0.15, 0.2) is 52.2 Å². The third-order valence-corrected chi connectivity index (χ3v) is 4.47. The number of nitrogens with zero attached hydrogens (tertiary/aromatic N) is 5. The highest BCUT2D eigenvalue weighted by atomic mass is 35.5. The van der Waals surface area contributed by atoms with Gasteiger partial charge in [0.25, 0.3) is 0 Å². The zero-order valence-electron chi connectivity index (χ0n) is 13.9. The highest BCUT2D eigenvalue weighted by Crippen LogP contribution is 2.28. The Balaban J connectivity index is 1.65. The van der Waals surface area contributed by atoms with Crippen molar-refractivity contribution in [3.05, 3.63) is 63.1 Å². The zero-order valence-corrected chi connectivity index (χ0v) is 16.2. The smallest absolute Gasteiger partial charge is 0.245 e. The van der Waals surface area contributed by atoms with Crippen LogP contribution in [-0.2, 0) is 0 Å². The van der Waals surface area contributed by atoms with Crippen LogP contribution in [0.4, 0.5) is 17.3 Å². The van der Waals surface area contributed by atoms with E-state index in [0.717, 1.165) is 0 Å². The molecule has 0 aliphatic heterocycles. The molecule has 2 N–H and O–H groups in total. The number of benzene rings is 2. The van der Waals surface area contributed by atoms with Crippen molar-refractivity contribution in [2.24, 2.45) is 5.10 Å². The first kappa shape index (κ1) is 18.4. The van der Waals surface area contributed by atoms with Crippen molar-refractivity contribution in [1.82, 2.24) is 20.3 Å². The van der Waals surface area contributed by atoms with Crippen LogP contribution < -0.4 is 10.7 Å². The third kappa shape index (κ3) is 3.99. The minimum absolute atomic E-state index is 0.229. The second-order valence-electron chi connectivity index (χ2n) is 5.47. The highest BCUT2D eigenvalue weighted by molar-refractivity contribution is 6.36. The van der Waals surface area contributed by atoms with Crippen LogP contribution in [0, 0.1) is 0 Å². The molecule has 0 unspecified atom stereocenters. The lowest BCUT2D eigenvalue weighted by Crippen LogP contribution is -2.03. The van der Waals surface area contributed by atoms with E-state index in [1.54, 1.807) is 30.3 Å². The van der Waals surface area contributed by atoms with Crippen molar-refractivity contribution in [2.45, 2.75) is 0 Å². The molecule has 140 valence electrons. The molecule has 28 heavy (non-hydrogen) atoms. The first-order valence-electron chi connectivity index (χ1n) is 7.86. The summed E-state index contributed by atoms with van der Waals surface area (Å²) in [7, 11) is 0. The topological polar surface area (TPSA) is 101 Å². The molecule has 11 heteroatoms. The van der Waals surface area contributed by atoms with Gasteiger partial charge in [0.1, 0.15) is 0 Å². The van der Waals surface area contributed by atoms with E-state index in [0.29, 0.717) is 38.0 Å². The Morgan fingerprint density at radius 1 is 0.893 bits per heavy atom. The second-order valence-corrected chi connectivity index (χ2v) is 6.72. The van der Waals surface area contributed by atoms with Crippen LogP contribution in [0.3, 0.4) is 0 Å². The maximum Gasteiger partial charge on any atom is 0.245 e. The van der Waals surface area contributed by atoms with Gasteiger partial charge in [0.15, 0.2) is 11.6 Å². The van der Waals surface area contributed by atoms with E-state index in [4.69, 9.17) is 34.8 Å². The lowest BCUT2D eigenvalue weighted by atomic mass is 10.2. The summed E-state index contributed by atoms with van der Waals surface area (Å²) in [6.45, 7) is 0. The number of hydrazone groups is 1. The molecule has 0 fully saturated rings. The van der Waals surface area contributed by atoms with Gasteiger partial charge in [-0.15, -0.1) is 0 Å². The Morgan fingerprint density at radius 2 is 1.64 bits per heavy atom. The number of hydrogen-bond donors (Lipinski definition) is 2. The van der Waals surface area contributed by atoms with Gasteiger partial charge >= 0.3 is 0 Å². The van der Waals surface area contributed by atoms with Crippen LogP contribution >= 0.6 is 34.8 Å². The molecule has 8 nitrogen and oxygen atoms in total. The number of para-hydroxylation sites is 1. The highest BCUT2D eigenvalue weighted by Gasteiger charge is 2.13. The molecule has 0 aliphatic carbocycles. The molecule has 0 saturated carbocycles. The number of hydrogen-bond acceptors (Lipinski definition) is 8. The maximum atomic E-state index is 6.21. The average molecular weight is 435 g/mol. The van der Waals surface area contributed by atoms with Crippen molar-refractivity contribution in [1.29, 1.82) is 0 Å². The minimum Gasteiger partial charge on any atom is -0.336 e. The van der Waals surface area contributed by atoms with Gasteiger partial charge in [-0.05, 0) is 34.6 Å². The van der Waals surface area contributed by atoms with Crippen molar-refractivity contribution >= 4 is 69.6 Å². The Kier molecular flexibility index (Phi) is 5.25. The predicted molar refractivity (Wildman–Crippen MR) is 110 cm³/mol. The molecule has 2 heterocycles. The first-order chi connectivity index (χ1) is 13.6. The molecule has 0 spiro atoms. The summed E-state index contributed by atoms with van der Waals surface area (Å²) < 4.78 is 4.67. The fourth-order valence-corrected chi connectivity index (χ4v) is 2.90. The summed E-state index contributed by atoms with van der Waals surface area (Å²) in [6.07, 6.45) is 1.53. The van der Waals surface area contributed by atoms with E-state index in [2.05, 4.69) is 40.8 Å². The molecule has 0 aliphatic rings. The normalized spacial score (nSPS) is 11.2. The fraction of sp³-hybridized carbons (Fsp3) is 0. The second kappa shape index (κ2) is 7.97. The Morgan fingerprint density at radius 3 is 2.39 bits per heavy atom. The SMILES string of the molecule is Clc1ccc(/C=N/Nc2nc3nonc3nc2Nc2ccccc2Cl)c(Cl)c1. The van der Waals surface area contributed by atoms with Gasteiger partial charge in [-0.3, -0.25) is 5.43 Å². The molecule has 0 radical (unpaired) electrons. The van der Waals surface area contributed by atoms with Gasteiger partial charge in [-0.25, -0.2) is 9.61 Å². The Bertz CT molecular complexity index is 1180. The number of aromatic nitrogens is 4. The summed E-state index contributed by atoms with van der Waals surface area (Å²) in [5, 5.41) is 16.2. The zero-order chi connectivity index (χ0) is 19.5. The molecule has 0 amide bonds. The number of fused-ring (bicyclic) bond motifs is 1. The van der Waals surface area contributed by atoms with E-state index in [1.807, 2.05) is 12.1 Å². The van der Waals surface area contributed by atoms with Crippen LogP contribution in [0.25, 0.3) is 11.3 Å². The fourth-order valence-electron chi connectivity index (χ4n) is 2.26. The number of anilines is 3. The maximum absolute atomic E-state index is 6.21. The summed E-state index contributed by atoms with van der Waals surface area (Å²) in [4.78, 5) is 8.66. The predicted octanol–water partition coefficient (Wildman–Crippen LogP) is 5.16. The number of halogens is 3. The van der Waals surface area contributed by atoms with Gasteiger partial charge in [-0.1, -0.05) is 53.0 Å². The summed E-state index contributed by atoms with van der Waals surface area (Å²) in [5.41, 5.74) is 4.60. The third-order valence-electron chi connectivity index (χ3n) is 3.58. The summed E-state index contributed by atoms with van der Waals surface area (Å²) in [5.74, 6) is 0.639. The molecule has 0 bridgehead atoms. The van der Waals surface area contributed by atoms with E-state index in [-0.39, 0.29) is 11.3 Å². The molecule has 2 aromatic heterocycles. The van der Waals surface area contributed by atoms with Crippen molar-refractivity contribution in [3.63, 3.8) is 0 Å². The van der Waals surface area contributed by atoms with Crippen LogP contribution in [-0.4, -0.2) is 26.5 Å². The van der Waals surface area contributed by atoms with Crippen LogP contribution in [0.2, 0.25) is 15.1 Å². The van der Waals surface area contributed by atoms with Gasteiger partial charge in [0.05, 0.1) is 21.9 Å². The van der Waals surface area contributed by atoms with Gasteiger partial charge in [0, 0.05) is 10.6 Å². The lowest BCUT2D eigenvalue weighted by Gasteiger charge is -2.10. The average Bonchev–Trinajstić information content (AvgIpc) is 3.12. The molecule has 4 rings (SSSR count). The lowest BCUT2D eigenvalue weighted by molar-refractivity contribution is 0.314. The largest absolute Gasteiger partial charge is 0.336 e. The molecule has 2 aromatic carbocycles. The van der Waals surface area contributed by atoms with E-state index in [9.17, 15) is 0 Å². The Labute approximate surface area is 173 Å². The van der Waals surface area contributed by atoms with E-state index < -0.39 is 0 Å². The van der Waals surface area contributed by atoms with Crippen LogP contribution in [0.5, 0.6) is 0 Å². The Hall–Kier alpha value is -2.94. The van der Waals surface area contributed by atoms with E-state index in [1.165, 1.54) is 6.21 Å². The van der Waals surface area contributed by atoms with Gasteiger partial charge < -0.3 is 5.32 Å². The van der Waals surface area contributed by atoms with Crippen molar-refractivity contribution in [2.75, 3.05) is 10.7 Å². The standard InChI is InChI=1S/C17H10Cl3N7O/c18-10-6-5-9(12(20)7-10)8-21-25-15-14(22-13-4-2-1-3-11(13)19)23-16-17(24-15)27-28-26-16/h1-8H,(H,22,23,26)(H,24,25,27)/b21-8+. The number of nitrogens with one attached hydrogen (secondary N) is 2.